The van der Waals surface area contributed by atoms with E-state index in [2.05, 4.69) is 41.8 Å². The van der Waals surface area contributed by atoms with E-state index in [1.165, 1.54) is 30.4 Å². The van der Waals surface area contributed by atoms with Gasteiger partial charge in [-0.2, -0.15) is 0 Å². The van der Waals surface area contributed by atoms with Gasteiger partial charge >= 0.3 is 0 Å². The Bertz CT molecular complexity index is 318. The summed E-state index contributed by atoms with van der Waals surface area (Å²) in [7, 11) is 0. The van der Waals surface area contributed by atoms with Crippen molar-refractivity contribution in [1.29, 1.82) is 0 Å². The summed E-state index contributed by atoms with van der Waals surface area (Å²) in [4.78, 5) is 0. The van der Waals surface area contributed by atoms with Crippen molar-refractivity contribution in [3.63, 3.8) is 0 Å². The number of benzene rings is 1. The van der Waals surface area contributed by atoms with Crippen LogP contribution in [-0.2, 0) is 6.54 Å². The van der Waals surface area contributed by atoms with E-state index in [9.17, 15) is 0 Å². The quantitative estimate of drug-likeness (QED) is 0.686. The van der Waals surface area contributed by atoms with Gasteiger partial charge in [0.1, 0.15) is 0 Å². The molecule has 2 heteroatoms. The minimum absolute atomic E-state index is 0.844. The summed E-state index contributed by atoms with van der Waals surface area (Å²) in [6, 6.07) is 9.54. The highest BCUT2D eigenvalue weighted by Gasteiger charge is 2.19. The number of hydrogen-bond donors (Lipinski definition) is 2. The Hall–Kier alpha value is -0.860. The van der Waals surface area contributed by atoms with Crippen molar-refractivity contribution in [3.8, 4) is 0 Å². The molecular weight excluding hydrogens is 196 g/mol. The van der Waals surface area contributed by atoms with Crippen LogP contribution in [0.4, 0.5) is 0 Å². The maximum Gasteiger partial charge on any atom is 0.0205 e. The highest BCUT2D eigenvalue weighted by Crippen LogP contribution is 2.18. The third kappa shape index (κ3) is 4.33. The van der Waals surface area contributed by atoms with Crippen LogP contribution in [0.1, 0.15) is 30.4 Å². The van der Waals surface area contributed by atoms with E-state index in [-0.39, 0.29) is 0 Å². The van der Waals surface area contributed by atoms with E-state index in [1.54, 1.807) is 0 Å². The summed E-state index contributed by atoms with van der Waals surface area (Å²) < 4.78 is 0. The molecule has 1 aliphatic rings. The highest BCUT2D eigenvalue weighted by molar-refractivity contribution is 5.21. The Morgan fingerprint density at radius 3 is 2.88 bits per heavy atom. The van der Waals surface area contributed by atoms with Crippen molar-refractivity contribution in [2.75, 3.05) is 13.1 Å². The number of rotatable bonds is 7. The van der Waals surface area contributed by atoms with Gasteiger partial charge in [0, 0.05) is 12.6 Å². The van der Waals surface area contributed by atoms with Crippen LogP contribution in [0.2, 0.25) is 0 Å². The lowest BCUT2D eigenvalue weighted by Gasteiger charge is -2.06. The van der Waals surface area contributed by atoms with Gasteiger partial charge in [0.05, 0.1) is 0 Å². The van der Waals surface area contributed by atoms with Crippen molar-refractivity contribution < 1.29 is 0 Å². The lowest BCUT2D eigenvalue weighted by molar-refractivity contribution is 0.593. The molecule has 2 N–H and O–H groups in total. The van der Waals surface area contributed by atoms with Crippen LogP contribution < -0.4 is 10.6 Å². The Labute approximate surface area is 98.4 Å². The van der Waals surface area contributed by atoms with Crippen LogP contribution >= 0.6 is 0 Å². The zero-order chi connectivity index (χ0) is 11.2. The summed E-state index contributed by atoms with van der Waals surface area (Å²) >= 11 is 0. The first-order chi connectivity index (χ1) is 7.84. The first kappa shape index (κ1) is 11.6. The third-order valence-electron chi connectivity index (χ3n) is 2.95. The molecule has 0 spiro atoms. The molecule has 0 aromatic heterocycles. The molecule has 88 valence electrons. The predicted octanol–water partition coefficient (Wildman–Crippen LogP) is 2.23. The van der Waals surface area contributed by atoms with E-state index in [0.717, 1.165) is 25.7 Å². The molecule has 1 fully saturated rings. The van der Waals surface area contributed by atoms with Crippen LogP contribution in [0.15, 0.2) is 24.3 Å². The first-order valence-electron chi connectivity index (χ1n) is 6.34. The largest absolute Gasteiger partial charge is 0.314 e. The fraction of sp³-hybridized carbons (Fsp3) is 0.571. The van der Waals surface area contributed by atoms with Crippen molar-refractivity contribution >= 4 is 0 Å². The zero-order valence-electron chi connectivity index (χ0n) is 10.1. The van der Waals surface area contributed by atoms with Gasteiger partial charge in [-0.25, -0.2) is 0 Å². The van der Waals surface area contributed by atoms with Gasteiger partial charge in [0.2, 0.25) is 0 Å². The van der Waals surface area contributed by atoms with Crippen molar-refractivity contribution in [3.05, 3.63) is 35.4 Å². The first-order valence-corrected chi connectivity index (χ1v) is 6.34. The topological polar surface area (TPSA) is 24.1 Å². The van der Waals surface area contributed by atoms with Crippen LogP contribution in [0.5, 0.6) is 0 Å². The van der Waals surface area contributed by atoms with Gasteiger partial charge in [-0.05, 0) is 44.8 Å². The molecule has 0 aliphatic heterocycles. The SMILES string of the molecule is Cc1cccc(CNCCCNC2CC2)c1. The molecule has 0 heterocycles. The zero-order valence-corrected chi connectivity index (χ0v) is 10.1. The van der Waals surface area contributed by atoms with Gasteiger partial charge in [0.25, 0.3) is 0 Å². The summed E-state index contributed by atoms with van der Waals surface area (Å²) in [5.74, 6) is 0. The average Bonchev–Trinajstić information content (AvgIpc) is 3.07. The van der Waals surface area contributed by atoms with E-state index in [4.69, 9.17) is 0 Å². The molecular formula is C14H22N2. The van der Waals surface area contributed by atoms with Crippen molar-refractivity contribution in [1.82, 2.24) is 10.6 Å². The fourth-order valence-electron chi connectivity index (χ4n) is 1.86. The fourth-order valence-corrected chi connectivity index (χ4v) is 1.86. The smallest absolute Gasteiger partial charge is 0.0205 e. The molecule has 0 bridgehead atoms. The summed E-state index contributed by atoms with van der Waals surface area (Å²) in [5, 5.41) is 7.01. The van der Waals surface area contributed by atoms with Crippen LogP contribution in [0.25, 0.3) is 0 Å². The van der Waals surface area contributed by atoms with Gasteiger partial charge < -0.3 is 10.6 Å². The van der Waals surface area contributed by atoms with Gasteiger partial charge in [-0.3, -0.25) is 0 Å². The second-order valence-electron chi connectivity index (χ2n) is 4.75. The molecule has 1 aromatic carbocycles. The molecule has 0 amide bonds. The van der Waals surface area contributed by atoms with Gasteiger partial charge in [-0.15, -0.1) is 0 Å². The lowest BCUT2D eigenvalue weighted by atomic mass is 10.1. The van der Waals surface area contributed by atoms with Crippen molar-refractivity contribution in [2.24, 2.45) is 0 Å². The van der Waals surface area contributed by atoms with E-state index in [0.29, 0.717) is 0 Å². The highest BCUT2D eigenvalue weighted by atomic mass is 14.9. The van der Waals surface area contributed by atoms with Crippen LogP contribution in [-0.4, -0.2) is 19.1 Å². The van der Waals surface area contributed by atoms with E-state index < -0.39 is 0 Å². The van der Waals surface area contributed by atoms with Crippen molar-refractivity contribution in [2.45, 2.75) is 38.8 Å². The second-order valence-corrected chi connectivity index (χ2v) is 4.75. The van der Waals surface area contributed by atoms with Crippen LogP contribution in [0, 0.1) is 6.92 Å². The minimum atomic E-state index is 0.844. The predicted molar refractivity (Wildman–Crippen MR) is 68.5 cm³/mol. The molecule has 0 saturated heterocycles. The van der Waals surface area contributed by atoms with Gasteiger partial charge in [0.15, 0.2) is 0 Å². The lowest BCUT2D eigenvalue weighted by Crippen LogP contribution is -2.23. The molecule has 2 rings (SSSR count). The van der Waals surface area contributed by atoms with Crippen LogP contribution in [0.3, 0.4) is 0 Å². The monoisotopic (exact) mass is 218 g/mol. The van der Waals surface area contributed by atoms with E-state index >= 15 is 0 Å². The molecule has 0 radical (unpaired) electrons. The van der Waals surface area contributed by atoms with E-state index in [1.807, 2.05) is 0 Å². The molecule has 1 aromatic rings. The Morgan fingerprint density at radius 1 is 1.25 bits per heavy atom. The maximum absolute atomic E-state index is 3.52. The molecule has 1 aliphatic carbocycles. The number of aryl methyl sites for hydroxylation is 1. The minimum Gasteiger partial charge on any atom is -0.314 e. The normalized spacial score (nSPS) is 15.3. The summed E-state index contributed by atoms with van der Waals surface area (Å²) in [6.07, 6.45) is 4.00. The average molecular weight is 218 g/mol. The Morgan fingerprint density at radius 2 is 2.12 bits per heavy atom. The second kappa shape index (κ2) is 6.02. The summed E-state index contributed by atoms with van der Waals surface area (Å²) in [5.41, 5.74) is 2.73. The molecule has 1 saturated carbocycles. The number of nitrogens with one attached hydrogen (secondary N) is 2. The van der Waals surface area contributed by atoms with Gasteiger partial charge in [-0.1, -0.05) is 29.8 Å². The maximum atomic E-state index is 3.52. The molecule has 16 heavy (non-hydrogen) atoms. The molecule has 0 atom stereocenters. The number of hydrogen-bond acceptors (Lipinski definition) is 2. The molecule has 0 unspecified atom stereocenters. The standard InChI is InChI=1S/C14H22N2/c1-12-4-2-5-13(10-12)11-15-8-3-9-16-14-6-7-14/h2,4-5,10,14-16H,3,6-9,11H2,1H3. The Balaban J connectivity index is 1.53. The summed E-state index contributed by atoms with van der Waals surface area (Å²) in [6.45, 7) is 5.40. The Kier molecular flexibility index (Phi) is 4.37. The third-order valence-corrected chi connectivity index (χ3v) is 2.95. The molecule has 2 nitrogen and oxygen atoms in total.